The molecule has 166 valence electrons. The van der Waals surface area contributed by atoms with Crippen molar-refractivity contribution >= 4 is 33.8 Å². The van der Waals surface area contributed by atoms with E-state index in [1.165, 1.54) is 18.3 Å². The van der Waals surface area contributed by atoms with Crippen molar-refractivity contribution < 1.29 is 15.0 Å². The number of aryl methyl sites for hydroxylation is 1. The van der Waals surface area contributed by atoms with Gasteiger partial charge in [0.2, 0.25) is 11.0 Å². The molecule has 1 atom stereocenters. The molecule has 3 aromatic rings. The van der Waals surface area contributed by atoms with Crippen LogP contribution in [0.3, 0.4) is 0 Å². The van der Waals surface area contributed by atoms with Gasteiger partial charge < -0.3 is 15.5 Å². The Bertz CT molecular complexity index is 1170. The van der Waals surface area contributed by atoms with Crippen molar-refractivity contribution in [2.45, 2.75) is 46.4 Å². The average Bonchev–Trinajstić information content (AvgIpc) is 3.25. The molecule has 3 N–H and O–H groups in total. The first-order valence-corrected chi connectivity index (χ1v) is 11.3. The summed E-state index contributed by atoms with van der Waals surface area (Å²) >= 11 is 1.53. The van der Waals surface area contributed by atoms with Crippen LogP contribution in [0.25, 0.3) is 0 Å². The van der Waals surface area contributed by atoms with Gasteiger partial charge in [-0.15, -0.1) is 11.3 Å². The van der Waals surface area contributed by atoms with Gasteiger partial charge >= 0.3 is 0 Å². The maximum atomic E-state index is 11.5. The second-order valence-corrected chi connectivity index (χ2v) is 8.84. The topological polar surface area (TPSA) is 98.1 Å². The van der Waals surface area contributed by atoms with Gasteiger partial charge in [0.25, 0.3) is 0 Å². The van der Waals surface area contributed by atoms with E-state index < -0.39 is 0 Å². The minimum Gasteiger partial charge on any atom is -0.392 e. The summed E-state index contributed by atoms with van der Waals surface area (Å²) in [5.41, 5.74) is 6.72. The van der Waals surface area contributed by atoms with E-state index in [0.717, 1.165) is 44.3 Å². The van der Waals surface area contributed by atoms with Crippen LogP contribution in [0.5, 0.6) is 0 Å². The molecule has 0 spiro atoms. The number of carbonyl (C=O) groups is 1. The number of nitrogens with zero attached hydrogens (tertiary/aromatic N) is 3. The van der Waals surface area contributed by atoms with E-state index in [-0.39, 0.29) is 25.2 Å². The summed E-state index contributed by atoms with van der Waals surface area (Å²) in [5.74, 6) is -0.120. The number of aliphatic hydroxyl groups is 2. The number of fused-ring (bicyclic) bond motifs is 1. The first-order valence-electron chi connectivity index (χ1n) is 10.4. The largest absolute Gasteiger partial charge is 0.392 e. The van der Waals surface area contributed by atoms with Crippen LogP contribution < -0.4 is 10.3 Å². The normalized spacial score (nSPS) is 15.7. The van der Waals surface area contributed by atoms with Gasteiger partial charge in [-0.25, -0.2) is 9.99 Å². The average molecular weight is 451 g/mol. The van der Waals surface area contributed by atoms with Gasteiger partial charge in [0, 0.05) is 35.3 Å². The third-order valence-electron chi connectivity index (χ3n) is 5.59. The fraction of sp³-hybridized carbons (Fsp3) is 0.292. The smallest absolute Gasteiger partial charge is 0.221 e. The lowest BCUT2D eigenvalue weighted by Gasteiger charge is -2.22. The van der Waals surface area contributed by atoms with Crippen molar-refractivity contribution in [3.63, 3.8) is 0 Å². The van der Waals surface area contributed by atoms with Crippen LogP contribution in [0.1, 0.15) is 47.2 Å². The Labute approximate surface area is 191 Å². The lowest BCUT2D eigenvalue weighted by molar-refractivity contribution is -0.114. The molecule has 0 radical (unpaired) electrons. The SMILES string of the molecule is CC(=O)Nc1ccc(C2=NN(c3nccs3)C(C)Cc3cc(CO)c(CO)cc32)cc1C. The number of aliphatic hydroxyl groups excluding tert-OH is 2. The van der Waals surface area contributed by atoms with Gasteiger partial charge in [0.05, 0.1) is 25.0 Å². The number of hydrazone groups is 1. The maximum Gasteiger partial charge on any atom is 0.221 e. The van der Waals surface area contributed by atoms with Crippen molar-refractivity contribution in [2.75, 3.05) is 10.3 Å². The number of amides is 1. The minimum absolute atomic E-state index is 0.0451. The molecule has 2 aromatic carbocycles. The summed E-state index contributed by atoms with van der Waals surface area (Å²) in [7, 11) is 0. The molecule has 0 saturated heterocycles. The summed E-state index contributed by atoms with van der Waals surface area (Å²) in [6.07, 6.45) is 2.48. The van der Waals surface area contributed by atoms with Crippen LogP contribution in [-0.2, 0) is 24.4 Å². The standard InChI is InChI=1S/C24H26N4O3S/c1-14-8-17(4-5-22(14)26-16(3)31)23-21-11-20(13-30)19(12-29)10-18(21)9-15(2)28(27-23)24-25-6-7-32-24/h4-8,10-11,15,29-30H,9,12-13H2,1-3H3,(H,26,31). The Morgan fingerprint density at radius 2 is 1.97 bits per heavy atom. The number of thiazole rings is 1. The predicted octanol–water partition coefficient (Wildman–Crippen LogP) is 3.60. The molecule has 2 heterocycles. The number of anilines is 2. The minimum atomic E-state index is -0.164. The van der Waals surface area contributed by atoms with E-state index in [9.17, 15) is 15.0 Å². The molecule has 7 nitrogen and oxygen atoms in total. The molecule has 4 rings (SSSR count). The summed E-state index contributed by atoms with van der Waals surface area (Å²) in [5, 5.41) is 32.3. The maximum absolute atomic E-state index is 11.5. The number of hydrogen-bond acceptors (Lipinski definition) is 7. The molecule has 0 fully saturated rings. The van der Waals surface area contributed by atoms with Gasteiger partial charge in [0.15, 0.2) is 0 Å². The number of rotatable bonds is 5. The number of carbonyl (C=O) groups excluding carboxylic acids is 1. The zero-order valence-corrected chi connectivity index (χ0v) is 19.1. The van der Waals surface area contributed by atoms with E-state index >= 15 is 0 Å². The van der Waals surface area contributed by atoms with Crippen LogP contribution in [0.15, 0.2) is 47.0 Å². The molecule has 1 amide bonds. The van der Waals surface area contributed by atoms with E-state index in [1.807, 2.05) is 47.6 Å². The number of nitrogens with one attached hydrogen (secondary N) is 1. The van der Waals surface area contributed by atoms with Crippen LogP contribution in [-0.4, -0.2) is 32.9 Å². The van der Waals surface area contributed by atoms with Crippen LogP contribution in [0, 0.1) is 6.92 Å². The molecule has 32 heavy (non-hydrogen) atoms. The van der Waals surface area contributed by atoms with Crippen LogP contribution in [0.2, 0.25) is 0 Å². The molecule has 1 aliphatic rings. The highest BCUT2D eigenvalue weighted by Crippen LogP contribution is 2.31. The monoisotopic (exact) mass is 450 g/mol. The summed E-state index contributed by atoms with van der Waals surface area (Å²) in [4.78, 5) is 16.0. The molecular weight excluding hydrogens is 424 g/mol. The van der Waals surface area contributed by atoms with Crippen molar-refractivity contribution in [1.29, 1.82) is 0 Å². The fourth-order valence-electron chi connectivity index (χ4n) is 4.00. The Balaban J connectivity index is 1.91. The second-order valence-electron chi connectivity index (χ2n) is 7.97. The molecule has 8 heteroatoms. The number of benzene rings is 2. The second kappa shape index (κ2) is 9.20. The van der Waals surface area contributed by atoms with Gasteiger partial charge in [0.1, 0.15) is 0 Å². The molecule has 0 aliphatic carbocycles. The Morgan fingerprint density at radius 3 is 2.59 bits per heavy atom. The third-order valence-corrected chi connectivity index (χ3v) is 6.35. The van der Waals surface area contributed by atoms with Crippen molar-refractivity contribution in [1.82, 2.24) is 4.98 Å². The number of aromatic nitrogens is 1. The molecular formula is C24H26N4O3S. The highest BCUT2D eigenvalue weighted by atomic mass is 32.1. The highest BCUT2D eigenvalue weighted by molar-refractivity contribution is 7.13. The quantitative estimate of drug-likeness (QED) is 0.552. The van der Waals surface area contributed by atoms with Crippen molar-refractivity contribution in [2.24, 2.45) is 5.10 Å². The molecule has 1 aromatic heterocycles. The zero-order valence-electron chi connectivity index (χ0n) is 18.3. The zero-order chi connectivity index (χ0) is 22.8. The van der Waals surface area contributed by atoms with Gasteiger partial charge in [-0.1, -0.05) is 12.1 Å². The van der Waals surface area contributed by atoms with Crippen LogP contribution in [0.4, 0.5) is 10.8 Å². The van der Waals surface area contributed by atoms with E-state index in [4.69, 9.17) is 5.10 Å². The lowest BCUT2D eigenvalue weighted by atomic mass is 9.90. The summed E-state index contributed by atoms with van der Waals surface area (Å²) in [6, 6.07) is 9.76. The fourth-order valence-corrected chi connectivity index (χ4v) is 4.70. The third kappa shape index (κ3) is 4.29. The van der Waals surface area contributed by atoms with Crippen molar-refractivity contribution in [3.05, 3.63) is 75.3 Å². The lowest BCUT2D eigenvalue weighted by Crippen LogP contribution is -2.29. The van der Waals surface area contributed by atoms with E-state index in [2.05, 4.69) is 17.2 Å². The molecule has 0 saturated carbocycles. The molecule has 1 aliphatic heterocycles. The molecule has 0 bridgehead atoms. The highest BCUT2D eigenvalue weighted by Gasteiger charge is 2.27. The van der Waals surface area contributed by atoms with E-state index in [1.54, 1.807) is 6.20 Å². The first-order chi connectivity index (χ1) is 15.4. The Hall–Kier alpha value is -3.07. The van der Waals surface area contributed by atoms with Crippen LogP contribution >= 0.6 is 11.3 Å². The van der Waals surface area contributed by atoms with Gasteiger partial charge in [-0.2, -0.15) is 5.10 Å². The van der Waals surface area contributed by atoms with Gasteiger partial charge in [-0.05, 0) is 60.7 Å². The first kappa shape index (κ1) is 22.1. The number of hydrogen-bond donors (Lipinski definition) is 3. The Kier molecular flexibility index (Phi) is 6.36. The molecule has 1 unspecified atom stereocenters. The summed E-state index contributed by atoms with van der Waals surface area (Å²) < 4.78 is 0. The van der Waals surface area contributed by atoms with E-state index in [0.29, 0.717) is 12.0 Å². The van der Waals surface area contributed by atoms with Gasteiger partial charge in [-0.3, -0.25) is 4.79 Å². The van der Waals surface area contributed by atoms with Crippen molar-refractivity contribution in [3.8, 4) is 0 Å². The Morgan fingerprint density at radius 1 is 1.22 bits per heavy atom. The summed E-state index contributed by atoms with van der Waals surface area (Å²) in [6.45, 7) is 5.23. The predicted molar refractivity (Wildman–Crippen MR) is 127 cm³/mol.